The van der Waals surface area contributed by atoms with Crippen molar-refractivity contribution in [2.24, 2.45) is 0 Å². The Morgan fingerprint density at radius 2 is 2.11 bits per heavy atom. The molecule has 1 aromatic heterocycles. The van der Waals surface area contributed by atoms with Crippen LogP contribution in [0, 0.1) is 0 Å². The van der Waals surface area contributed by atoms with Crippen molar-refractivity contribution < 1.29 is 19.4 Å². The van der Waals surface area contributed by atoms with Gasteiger partial charge < -0.3 is 15.2 Å². The predicted octanol–water partition coefficient (Wildman–Crippen LogP) is 1.46. The van der Waals surface area contributed by atoms with Crippen LogP contribution < -0.4 is 10.1 Å². The molecule has 2 N–H and O–H groups in total. The van der Waals surface area contributed by atoms with Crippen LogP contribution in [0.2, 0.25) is 0 Å². The van der Waals surface area contributed by atoms with Crippen molar-refractivity contribution >= 4 is 11.9 Å². The first kappa shape index (κ1) is 14.9. The fourth-order valence-electron chi connectivity index (χ4n) is 1.27. The maximum absolute atomic E-state index is 11.6. The van der Waals surface area contributed by atoms with E-state index in [1.807, 2.05) is 20.8 Å². The normalized spacial score (nSPS) is 10.9. The number of carbonyl (C=O) groups excluding carboxylic acids is 1. The molecule has 0 saturated heterocycles. The molecule has 0 bridgehead atoms. The fraction of sp³-hybridized carbons (Fsp3) is 0.462. The Balaban J connectivity index is 2.55. The van der Waals surface area contributed by atoms with Gasteiger partial charge in [0.1, 0.15) is 5.75 Å². The lowest BCUT2D eigenvalue weighted by molar-refractivity contribution is -0.124. The number of carbonyl (C=O) groups is 2. The van der Waals surface area contributed by atoms with Gasteiger partial charge in [-0.05, 0) is 26.3 Å². The zero-order chi connectivity index (χ0) is 14.5. The average Bonchev–Trinajstić information content (AvgIpc) is 2.36. The van der Waals surface area contributed by atoms with E-state index >= 15 is 0 Å². The summed E-state index contributed by atoms with van der Waals surface area (Å²) in [4.78, 5) is 26.1. The second-order valence-corrected chi connectivity index (χ2v) is 4.79. The summed E-state index contributed by atoms with van der Waals surface area (Å²) in [5, 5.41) is 11.6. The molecule has 19 heavy (non-hydrogen) atoms. The van der Waals surface area contributed by atoms with Crippen LogP contribution in [0.25, 0.3) is 0 Å². The molecule has 0 spiro atoms. The minimum atomic E-state index is -1.09. The number of nitrogens with one attached hydrogen (secondary N) is 1. The molecule has 0 atom stereocenters. The standard InChI is InChI=1S/C13H18N2O4/c1-4-13(2,3)15-11(16)8-19-10-5-9(12(17)18)6-14-7-10/h5-7H,4,8H2,1-3H3,(H,15,16)(H,17,18). The van der Waals surface area contributed by atoms with Crippen molar-refractivity contribution in [2.45, 2.75) is 32.7 Å². The van der Waals surface area contributed by atoms with Gasteiger partial charge in [-0.15, -0.1) is 0 Å². The van der Waals surface area contributed by atoms with E-state index in [1.54, 1.807) is 0 Å². The first-order valence-electron chi connectivity index (χ1n) is 5.96. The number of carboxylic acids is 1. The molecule has 1 amide bonds. The van der Waals surface area contributed by atoms with Gasteiger partial charge in [-0.2, -0.15) is 0 Å². The minimum Gasteiger partial charge on any atom is -0.482 e. The molecule has 0 fully saturated rings. The van der Waals surface area contributed by atoms with Crippen molar-refractivity contribution in [2.75, 3.05) is 6.61 Å². The number of hydrogen-bond acceptors (Lipinski definition) is 4. The number of carboxylic acid groups (broad SMARTS) is 1. The molecular weight excluding hydrogens is 248 g/mol. The SMILES string of the molecule is CCC(C)(C)NC(=O)COc1cncc(C(=O)O)c1. The highest BCUT2D eigenvalue weighted by Crippen LogP contribution is 2.11. The van der Waals surface area contributed by atoms with E-state index in [4.69, 9.17) is 9.84 Å². The van der Waals surface area contributed by atoms with Gasteiger partial charge in [0.25, 0.3) is 5.91 Å². The third-order valence-corrected chi connectivity index (χ3v) is 2.69. The third kappa shape index (κ3) is 4.95. The summed E-state index contributed by atoms with van der Waals surface area (Å²) in [6.07, 6.45) is 3.38. The van der Waals surface area contributed by atoms with Gasteiger partial charge in [-0.3, -0.25) is 9.78 Å². The van der Waals surface area contributed by atoms with Gasteiger partial charge in [-0.25, -0.2) is 4.79 Å². The van der Waals surface area contributed by atoms with E-state index in [1.165, 1.54) is 18.5 Å². The number of aromatic nitrogens is 1. The molecule has 1 rings (SSSR count). The molecule has 1 aromatic rings. The molecule has 6 heteroatoms. The second-order valence-electron chi connectivity index (χ2n) is 4.79. The summed E-state index contributed by atoms with van der Waals surface area (Å²) in [6.45, 7) is 5.63. The Kier molecular flexibility index (Phi) is 4.86. The topological polar surface area (TPSA) is 88.5 Å². The minimum absolute atomic E-state index is 0.0202. The highest BCUT2D eigenvalue weighted by molar-refractivity contribution is 5.87. The van der Waals surface area contributed by atoms with Crippen LogP contribution in [0.3, 0.4) is 0 Å². The summed E-state index contributed by atoms with van der Waals surface area (Å²) in [5.74, 6) is -1.09. The molecule has 0 aliphatic heterocycles. The number of pyridine rings is 1. The lowest BCUT2D eigenvalue weighted by atomic mass is 10.0. The van der Waals surface area contributed by atoms with Crippen molar-refractivity contribution in [3.05, 3.63) is 24.0 Å². The van der Waals surface area contributed by atoms with Gasteiger partial charge in [0.15, 0.2) is 6.61 Å². The molecule has 104 valence electrons. The van der Waals surface area contributed by atoms with E-state index in [-0.39, 0.29) is 29.4 Å². The lowest BCUT2D eigenvalue weighted by Gasteiger charge is -2.24. The van der Waals surface area contributed by atoms with Crippen LogP contribution in [-0.4, -0.2) is 34.1 Å². The van der Waals surface area contributed by atoms with Crippen LogP contribution in [0.15, 0.2) is 18.5 Å². The Morgan fingerprint density at radius 3 is 2.68 bits per heavy atom. The van der Waals surface area contributed by atoms with Gasteiger partial charge >= 0.3 is 5.97 Å². The van der Waals surface area contributed by atoms with E-state index in [9.17, 15) is 9.59 Å². The highest BCUT2D eigenvalue weighted by atomic mass is 16.5. The van der Waals surface area contributed by atoms with E-state index in [0.717, 1.165) is 6.42 Å². The van der Waals surface area contributed by atoms with Gasteiger partial charge in [-0.1, -0.05) is 6.92 Å². The van der Waals surface area contributed by atoms with Gasteiger partial charge in [0.2, 0.25) is 0 Å². The Bertz CT molecular complexity index is 471. The molecular formula is C13H18N2O4. The summed E-state index contributed by atoms with van der Waals surface area (Å²) >= 11 is 0. The fourth-order valence-corrected chi connectivity index (χ4v) is 1.27. The zero-order valence-electron chi connectivity index (χ0n) is 11.3. The first-order valence-corrected chi connectivity index (χ1v) is 5.96. The number of ether oxygens (including phenoxy) is 1. The van der Waals surface area contributed by atoms with Crippen LogP contribution in [-0.2, 0) is 4.79 Å². The summed E-state index contributed by atoms with van der Waals surface area (Å²) < 4.78 is 5.21. The number of aromatic carboxylic acids is 1. The van der Waals surface area contributed by atoms with Crippen LogP contribution in [0.5, 0.6) is 5.75 Å². The average molecular weight is 266 g/mol. The van der Waals surface area contributed by atoms with Crippen molar-refractivity contribution in [3.63, 3.8) is 0 Å². The van der Waals surface area contributed by atoms with E-state index in [0.29, 0.717) is 0 Å². The van der Waals surface area contributed by atoms with Crippen LogP contribution in [0.1, 0.15) is 37.6 Å². The smallest absolute Gasteiger partial charge is 0.337 e. The quantitative estimate of drug-likeness (QED) is 0.813. The zero-order valence-corrected chi connectivity index (χ0v) is 11.3. The Labute approximate surface area is 111 Å². The largest absolute Gasteiger partial charge is 0.482 e. The highest BCUT2D eigenvalue weighted by Gasteiger charge is 2.18. The summed E-state index contributed by atoms with van der Waals surface area (Å²) in [5.41, 5.74) is -0.270. The number of amides is 1. The van der Waals surface area contributed by atoms with Crippen molar-refractivity contribution in [1.82, 2.24) is 10.3 Å². The maximum atomic E-state index is 11.6. The summed E-state index contributed by atoms with van der Waals surface area (Å²) in [7, 11) is 0. The molecule has 0 aromatic carbocycles. The van der Waals surface area contributed by atoms with Gasteiger partial charge in [0.05, 0.1) is 11.8 Å². The molecule has 0 saturated carbocycles. The summed E-state index contributed by atoms with van der Waals surface area (Å²) in [6, 6.07) is 1.33. The Morgan fingerprint density at radius 1 is 1.42 bits per heavy atom. The Hall–Kier alpha value is -2.11. The van der Waals surface area contributed by atoms with Crippen LogP contribution >= 0.6 is 0 Å². The molecule has 1 heterocycles. The van der Waals surface area contributed by atoms with Crippen LogP contribution in [0.4, 0.5) is 0 Å². The third-order valence-electron chi connectivity index (χ3n) is 2.69. The lowest BCUT2D eigenvalue weighted by Crippen LogP contribution is -2.44. The van der Waals surface area contributed by atoms with Crippen molar-refractivity contribution in [3.8, 4) is 5.75 Å². The monoisotopic (exact) mass is 266 g/mol. The van der Waals surface area contributed by atoms with Crippen molar-refractivity contribution in [1.29, 1.82) is 0 Å². The number of nitrogens with zero attached hydrogens (tertiary/aromatic N) is 1. The predicted molar refractivity (Wildman–Crippen MR) is 69.2 cm³/mol. The number of rotatable bonds is 6. The maximum Gasteiger partial charge on any atom is 0.337 e. The molecule has 6 nitrogen and oxygen atoms in total. The molecule has 0 aliphatic rings. The van der Waals surface area contributed by atoms with E-state index in [2.05, 4.69) is 10.3 Å². The van der Waals surface area contributed by atoms with Gasteiger partial charge in [0, 0.05) is 11.7 Å². The molecule has 0 radical (unpaired) electrons. The number of hydrogen-bond donors (Lipinski definition) is 2. The first-order chi connectivity index (χ1) is 8.84. The van der Waals surface area contributed by atoms with E-state index < -0.39 is 5.97 Å². The molecule has 0 aliphatic carbocycles. The molecule has 0 unspecified atom stereocenters. The second kappa shape index (κ2) is 6.17.